The first-order valence-corrected chi connectivity index (χ1v) is 14.5. The van der Waals surface area contributed by atoms with E-state index < -0.39 is 12.1 Å². The Morgan fingerprint density at radius 3 is 1.31 bits per heavy atom. The van der Waals surface area contributed by atoms with Gasteiger partial charge in [-0.25, -0.2) is 4.79 Å². The number of aliphatic carboxylic acids is 1. The van der Waals surface area contributed by atoms with E-state index in [0.717, 1.165) is 12.8 Å². The average molecular weight is 521 g/mol. The molecule has 0 fully saturated rings. The van der Waals surface area contributed by atoms with Crippen molar-refractivity contribution in [1.29, 1.82) is 0 Å². The van der Waals surface area contributed by atoms with Crippen LogP contribution >= 0.6 is 0 Å². The van der Waals surface area contributed by atoms with Crippen LogP contribution in [0.4, 0.5) is 0 Å². The molecule has 1 unspecified atom stereocenters. The van der Waals surface area contributed by atoms with Crippen LogP contribution in [0.2, 0.25) is 0 Å². The summed E-state index contributed by atoms with van der Waals surface area (Å²) >= 11 is 0. The standard InChI is InChI=1S/C28H56O8/c1-2-3-4-5-6-7-8-9-10-11-12-13-14-15-16-27(28(30)31)36-26-25-35-24-23-34-22-21-33-20-19-32-18-17-29/h27,29H,2-26H2,1H3,(H,30,31). The van der Waals surface area contributed by atoms with Gasteiger partial charge >= 0.3 is 5.97 Å². The number of aliphatic hydroxyl groups is 1. The fourth-order valence-corrected chi connectivity index (χ4v) is 3.88. The zero-order valence-electron chi connectivity index (χ0n) is 23.1. The summed E-state index contributed by atoms with van der Waals surface area (Å²) in [7, 11) is 0. The van der Waals surface area contributed by atoms with Crippen molar-refractivity contribution in [3.8, 4) is 0 Å². The van der Waals surface area contributed by atoms with E-state index in [9.17, 15) is 9.90 Å². The van der Waals surface area contributed by atoms with Gasteiger partial charge in [0.15, 0.2) is 6.10 Å². The molecule has 0 rings (SSSR count). The predicted molar refractivity (Wildman–Crippen MR) is 143 cm³/mol. The number of hydrogen-bond acceptors (Lipinski definition) is 7. The van der Waals surface area contributed by atoms with Crippen molar-refractivity contribution >= 4 is 5.97 Å². The molecular weight excluding hydrogens is 464 g/mol. The van der Waals surface area contributed by atoms with Crippen molar-refractivity contribution in [2.45, 2.75) is 109 Å². The van der Waals surface area contributed by atoms with Crippen molar-refractivity contribution in [2.75, 3.05) is 66.1 Å². The van der Waals surface area contributed by atoms with Crippen molar-refractivity contribution < 1.29 is 38.7 Å². The SMILES string of the molecule is CCCCCCCCCCCCCCCCC(OCCOCCOCCOCCOCCO)C(=O)O. The molecule has 0 aromatic heterocycles. The summed E-state index contributed by atoms with van der Waals surface area (Å²) in [6, 6.07) is 0. The fourth-order valence-electron chi connectivity index (χ4n) is 3.88. The van der Waals surface area contributed by atoms with E-state index in [1.807, 2.05) is 0 Å². The molecule has 0 aromatic carbocycles. The van der Waals surface area contributed by atoms with E-state index in [1.54, 1.807) is 0 Å². The average Bonchev–Trinajstić information content (AvgIpc) is 2.87. The Kier molecular flexibility index (Phi) is 29.8. The molecule has 2 N–H and O–H groups in total. The first kappa shape index (κ1) is 35.2. The van der Waals surface area contributed by atoms with Gasteiger partial charge in [-0.05, 0) is 6.42 Å². The summed E-state index contributed by atoms with van der Waals surface area (Å²) in [4.78, 5) is 11.4. The fraction of sp³-hybridized carbons (Fsp3) is 0.964. The van der Waals surface area contributed by atoms with Crippen molar-refractivity contribution in [3.63, 3.8) is 0 Å². The Bertz CT molecular complexity index is 404. The molecule has 0 aliphatic heterocycles. The van der Waals surface area contributed by atoms with Gasteiger partial charge < -0.3 is 33.9 Å². The Morgan fingerprint density at radius 1 is 0.556 bits per heavy atom. The Morgan fingerprint density at radius 2 is 0.917 bits per heavy atom. The second-order valence-corrected chi connectivity index (χ2v) is 9.26. The summed E-state index contributed by atoms with van der Waals surface area (Å²) in [5, 5.41) is 17.9. The number of rotatable bonds is 31. The summed E-state index contributed by atoms with van der Waals surface area (Å²) < 4.78 is 26.7. The molecule has 0 saturated carbocycles. The lowest BCUT2D eigenvalue weighted by Gasteiger charge is -2.14. The van der Waals surface area contributed by atoms with Gasteiger partial charge in [-0.2, -0.15) is 0 Å². The Hall–Kier alpha value is -0.770. The third-order valence-electron chi connectivity index (χ3n) is 5.99. The van der Waals surface area contributed by atoms with E-state index in [0.29, 0.717) is 59.3 Å². The number of unbranched alkanes of at least 4 members (excludes halogenated alkanes) is 13. The van der Waals surface area contributed by atoms with Gasteiger partial charge in [0.2, 0.25) is 0 Å². The second-order valence-electron chi connectivity index (χ2n) is 9.26. The molecule has 0 radical (unpaired) electrons. The largest absolute Gasteiger partial charge is 0.479 e. The number of carboxylic acid groups (broad SMARTS) is 1. The van der Waals surface area contributed by atoms with Gasteiger partial charge in [-0.15, -0.1) is 0 Å². The minimum Gasteiger partial charge on any atom is -0.479 e. The van der Waals surface area contributed by atoms with Crippen LogP contribution in [-0.2, 0) is 28.5 Å². The normalized spacial score (nSPS) is 12.3. The lowest BCUT2D eigenvalue weighted by molar-refractivity contribution is -0.152. The van der Waals surface area contributed by atoms with Gasteiger partial charge in [-0.3, -0.25) is 0 Å². The highest BCUT2D eigenvalue weighted by molar-refractivity contribution is 5.72. The van der Waals surface area contributed by atoms with Gasteiger partial charge in [0.1, 0.15) is 0 Å². The van der Waals surface area contributed by atoms with Crippen molar-refractivity contribution in [3.05, 3.63) is 0 Å². The van der Waals surface area contributed by atoms with E-state index in [2.05, 4.69) is 6.92 Å². The summed E-state index contributed by atoms with van der Waals surface area (Å²) in [6.07, 6.45) is 17.8. The molecule has 1 atom stereocenters. The quantitative estimate of drug-likeness (QED) is 0.117. The molecule has 8 heteroatoms. The number of ether oxygens (including phenoxy) is 5. The summed E-state index contributed by atoms with van der Waals surface area (Å²) in [6.45, 7) is 5.99. The Labute approximate surface area is 220 Å². The van der Waals surface area contributed by atoms with E-state index in [-0.39, 0.29) is 13.2 Å². The maximum atomic E-state index is 11.4. The number of carbonyl (C=O) groups is 1. The van der Waals surface area contributed by atoms with Gasteiger partial charge in [0.05, 0.1) is 66.1 Å². The molecular formula is C28H56O8. The molecule has 8 nitrogen and oxygen atoms in total. The number of carboxylic acids is 1. The van der Waals surface area contributed by atoms with Crippen LogP contribution in [0.1, 0.15) is 103 Å². The minimum atomic E-state index is -0.894. The maximum absolute atomic E-state index is 11.4. The molecule has 0 amide bonds. The molecule has 0 bridgehead atoms. The van der Waals surface area contributed by atoms with Gasteiger partial charge in [0, 0.05) is 0 Å². The first-order chi connectivity index (χ1) is 17.7. The highest BCUT2D eigenvalue weighted by atomic mass is 16.6. The van der Waals surface area contributed by atoms with E-state index >= 15 is 0 Å². The molecule has 216 valence electrons. The molecule has 36 heavy (non-hydrogen) atoms. The molecule has 0 aromatic rings. The first-order valence-electron chi connectivity index (χ1n) is 14.5. The predicted octanol–water partition coefficient (Wildman–Crippen LogP) is 5.39. The minimum absolute atomic E-state index is 0.0185. The van der Waals surface area contributed by atoms with Crippen LogP contribution < -0.4 is 0 Å². The van der Waals surface area contributed by atoms with E-state index in [1.165, 1.54) is 77.0 Å². The second kappa shape index (κ2) is 30.5. The molecule has 0 aliphatic rings. The van der Waals surface area contributed by atoms with E-state index in [4.69, 9.17) is 28.8 Å². The molecule has 0 spiro atoms. The number of aliphatic hydroxyl groups excluding tert-OH is 1. The van der Waals surface area contributed by atoms with Crippen LogP contribution in [-0.4, -0.2) is 88.4 Å². The molecule has 0 saturated heterocycles. The zero-order chi connectivity index (χ0) is 26.4. The number of hydrogen-bond donors (Lipinski definition) is 2. The maximum Gasteiger partial charge on any atom is 0.332 e. The summed E-state index contributed by atoms with van der Waals surface area (Å²) in [5.74, 6) is -0.894. The lowest BCUT2D eigenvalue weighted by Crippen LogP contribution is -2.25. The third kappa shape index (κ3) is 27.8. The summed E-state index contributed by atoms with van der Waals surface area (Å²) in [5.41, 5.74) is 0. The third-order valence-corrected chi connectivity index (χ3v) is 5.99. The van der Waals surface area contributed by atoms with Crippen LogP contribution in [0.25, 0.3) is 0 Å². The van der Waals surface area contributed by atoms with Crippen molar-refractivity contribution in [2.24, 2.45) is 0 Å². The van der Waals surface area contributed by atoms with Crippen molar-refractivity contribution in [1.82, 2.24) is 0 Å². The van der Waals surface area contributed by atoms with Crippen LogP contribution in [0.15, 0.2) is 0 Å². The monoisotopic (exact) mass is 520 g/mol. The van der Waals surface area contributed by atoms with Crippen LogP contribution in [0.5, 0.6) is 0 Å². The lowest BCUT2D eigenvalue weighted by atomic mass is 10.0. The highest BCUT2D eigenvalue weighted by Crippen LogP contribution is 2.14. The highest BCUT2D eigenvalue weighted by Gasteiger charge is 2.17. The smallest absolute Gasteiger partial charge is 0.332 e. The van der Waals surface area contributed by atoms with Gasteiger partial charge in [0.25, 0.3) is 0 Å². The zero-order valence-corrected chi connectivity index (χ0v) is 23.1. The molecule has 0 heterocycles. The molecule has 0 aliphatic carbocycles. The van der Waals surface area contributed by atoms with Gasteiger partial charge in [-0.1, -0.05) is 96.8 Å². The van der Waals surface area contributed by atoms with Crippen LogP contribution in [0, 0.1) is 0 Å². The Balaban J connectivity index is 3.39. The van der Waals surface area contributed by atoms with Crippen LogP contribution in [0.3, 0.4) is 0 Å². The topological polar surface area (TPSA) is 104 Å².